The molecule has 1 saturated heterocycles. The molecule has 1 aliphatic heterocycles. The topological polar surface area (TPSA) is 60.9 Å². The molecule has 1 amide bonds. The number of carboxylic acid groups (broad SMARTS) is 1. The van der Waals surface area contributed by atoms with Gasteiger partial charge in [0.25, 0.3) is 0 Å². The Balaban J connectivity index is 1.85. The lowest BCUT2D eigenvalue weighted by atomic mass is 9.91. The number of hydrogen-bond acceptors (Lipinski definition) is 3. The van der Waals surface area contributed by atoms with Gasteiger partial charge < -0.3 is 5.11 Å². The second-order valence-corrected chi connectivity index (χ2v) is 5.93. The van der Waals surface area contributed by atoms with Crippen molar-refractivity contribution in [1.29, 1.82) is 0 Å². The third-order valence-corrected chi connectivity index (χ3v) is 4.44. The van der Waals surface area contributed by atoms with Crippen LogP contribution in [0.1, 0.15) is 37.2 Å². The fourth-order valence-corrected chi connectivity index (χ4v) is 3.11. The van der Waals surface area contributed by atoms with Crippen LogP contribution in [0, 0.1) is 5.92 Å². The molecule has 1 heterocycles. The van der Waals surface area contributed by atoms with Gasteiger partial charge in [-0.25, -0.2) is 0 Å². The third-order valence-electron chi connectivity index (χ3n) is 4.44. The lowest BCUT2D eigenvalue weighted by Crippen LogP contribution is -2.35. The zero-order chi connectivity index (χ0) is 15.0. The highest BCUT2D eigenvalue weighted by atomic mass is 16.4. The van der Waals surface area contributed by atoms with Crippen molar-refractivity contribution < 1.29 is 14.7 Å². The normalized spacial score (nSPS) is 20.0. The number of carboxylic acids is 1. The number of hydrazine groups is 1. The highest BCUT2D eigenvalue weighted by Crippen LogP contribution is 2.45. The molecule has 0 spiro atoms. The molecule has 1 aromatic rings. The van der Waals surface area contributed by atoms with E-state index in [2.05, 4.69) is 0 Å². The minimum Gasteiger partial charge on any atom is -0.481 e. The summed E-state index contributed by atoms with van der Waals surface area (Å²) in [5.74, 6) is -0.0456. The molecule has 1 atom stereocenters. The predicted octanol–water partition coefficient (Wildman–Crippen LogP) is 2.24. The molecule has 1 aromatic carbocycles. The maximum absolute atomic E-state index is 11.6. The van der Waals surface area contributed by atoms with E-state index in [9.17, 15) is 9.59 Å². The van der Waals surface area contributed by atoms with Gasteiger partial charge in [0, 0.05) is 20.0 Å². The molecule has 1 aliphatic carbocycles. The first kappa shape index (κ1) is 13.9. The molecule has 0 aromatic heterocycles. The summed E-state index contributed by atoms with van der Waals surface area (Å²) in [6, 6.07) is 7.98. The average molecular weight is 288 g/mol. The van der Waals surface area contributed by atoms with Crippen molar-refractivity contribution >= 4 is 17.6 Å². The summed E-state index contributed by atoms with van der Waals surface area (Å²) in [5, 5.41) is 12.7. The van der Waals surface area contributed by atoms with E-state index < -0.39 is 5.97 Å². The molecule has 112 valence electrons. The number of aliphatic carboxylic acids is 1. The van der Waals surface area contributed by atoms with E-state index in [1.165, 1.54) is 0 Å². The molecule has 0 radical (unpaired) electrons. The molecule has 1 N–H and O–H groups in total. The van der Waals surface area contributed by atoms with Crippen molar-refractivity contribution in [2.45, 2.75) is 31.6 Å². The molecule has 3 rings (SSSR count). The Hall–Kier alpha value is -2.04. The fraction of sp³-hybridized carbons (Fsp3) is 0.500. The number of amides is 1. The molecule has 1 unspecified atom stereocenters. The van der Waals surface area contributed by atoms with Crippen molar-refractivity contribution in [1.82, 2.24) is 5.01 Å². The van der Waals surface area contributed by atoms with Crippen molar-refractivity contribution in [2.24, 2.45) is 5.92 Å². The van der Waals surface area contributed by atoms with Gasteiger partial charge in [0.2, 0.25) is 5.91 Å². The van der Waals surface area contributed by atoms with Gasteiger partial charge in [-0.05, 0) is 42.4 Å². The van der Waals surface area contributed by atoms with Crippen LogP contribution in [0.5, 0.6) is 0 Å². The quantitative estimate of drug-likeness (QED) is 0.902. The zero-order valence-electron chi connectivity index (χ0n) is 12.2. The Morgan fingerprint density at radius 3 is 2.76 bits per heavy atom. The second kappa shape index (κ2) is 5.39. The van der Waals surface area contributed by atoms with Crippen LogP contribution in [0.15, 0.2) is 24.3 Å². The lowest BCUT2D eigenvalue weighted by Gasteiger charge is -2.27. The molecular weight excluding hydrogens is 268 g/mol. The molecular formula is C16H20N2O3. The van der Waals surface area contributed by atoms with Crippen LogP contribution in [0.25, 0.3) is 0 Å². The van der Waals surface area contributed by atoms with Crippen LogP contribution in [-0.4, -0.2) is 35.6 Å². The number of carbonyl (C=O) groups excluding carboxylic acids is 1. The summed E-state index contributed by atoms with van der Waals surface area (Å²) in [4.78, 5) is 22.7. The largest absolute Gasteiger partial charge is 0.481 e. The Bertz CT molecular complexity index is 568. The molecule has 1 saturated carbocycles. The lowest BCUT2D eigenvalue weighted by molar-refractivity contribution is -0.137. The number of carbonyl (C=O) groups is 2. The van der Waals surface area contributed by atoms with Crippen molar-refractivity contribution in [3.63, 3.8) is 0 Å². The van der Waals surface area contributed by atoms with Crippen LogP contribution in [0.4, 0.5) is 5.69 Å². The van der Waals surface area contributed by atoms with E-state index in [0.29, 0.717) is 18.9 Å². The van der Waals surface area contributed by atoms with Gasteiger partial charge >= 0.3 is 5.97 Å². The van der Waals surface area contributed by atoms with E-state index in [1.54, 1.807) is 12.1 Å². The minimum atomic E-state index is -0.745. The number of rotatable bonds is 5. The average Bonchev–Trinajstić information content (AvgIpc) is 3.24. The Labute approximate surface area is 124 Å². The summed E-state index contributed by atoms with van der Waals surface area (Å²) in [6.07, 6.45) is 2.94. The second-order valence-electron chi connectivity index (χ2n) is 5.93. The highest BCUT2D eigenvalue weighted by Gasteiger charge is 2.34. The first-order valence-electron chi connectivity index (χ1n) is 7.42. The van der Waals surface area contributed by atoms with Crippen molar-refractivity contribution in [3.8, 4) is 0 Å². The molecule has 21 heavy (non-hydrogen) atoms. The smallest absolute Gasteiger partial charge is 0.303 e. The minimum absolute atomic E-state index is 0.0889. The Morgan fingerprint density at radius 1 is 1.43 bits per heavy atom. The van der Waals surface area contributed by atoms with Crippen LogP contribution in [-0.2, 0) is 9.59 Å². The SMILES string of the molecule is CN1C(=O)CCN1c1cccc(C(CC(=O)O)C2CC2)c1. The highest BCUT2D eigenvalue weighted by molar-refractivity contribution is 5.81. The van der Waals surface area contributed by atoms with Gasteiger partial charge in [0.15, 0.2) is 0 Å². The summed E-state index contributed by atoms with van der Waals surface area (Å²) >= 11 is 0. The first-order valence-corrected chi connectivity index (χ1v) is 7.42. The summed E-state index contributed by atoms with van der Waals surface area (Å²) in [6.45, 7) is 0.686. The van der Waals surface area contributed by atoms with Crippen LogP contribution in [0.2, 0.25) is 0 Å². The van der Waals surface area contributed by atoms with Gasteiger partial charge in [0.1, 0.15) is 0 Å². The van der Waals surface area contributed by atoms with Gasteiger partial charge in [-0.15, -0.1) is 0 Å². The number of benzene rings is 1. The summed E-state index contributed by atoms with van der Waals surface area (Å²) < 4.78 is 0. The number of hydrogen-bond donors (Lipinski definition) is 1. The zero-order valence-corrected chi connectivity index (χ0v) is 12.2. The van der Waals surface area contributed by atoms with E-state index in [4.69, 9.17) is 5.11 Å². The summed E-state index contributed by atoms with van der Waals surface area (Å²) in [5.41, 5.74) is 2.04. The van der Waals surface area contributed by atoms with E-state index >= 15 is 0 Å². The van der Waals surface area contributed by atoms with Gasteiger partial charge in [-0.3, -0.25) is 19.6 Å². The predicted molar refractivity (Wildman–Crippen MR) is 78.9 cm³/mol. The molecule has 0 bridgehead atoms. The maximum Gasteiger partial charge on any atom is 0.303 e. The summed E-state index contributed by atoms with van der Waals surface area (Å²) in [7, 11) is 1.78. The van der Waals surface area contributed by atoms with E-state index in [-0.39, 0.29) is 18.2 Å². The fourth-order valence-electron chi connectivity index (χ4n) is 3.11. The van der Waals surface area contributed by atoms with Gasteiger partial charge in [-0.2, -0.15) is 0 Å². The number of anilines is 1. The molecule has 5 nitrogen and oxygen atoms in total. The van der Waals surface area contributed by atoms with E-state index in [0.717, 1.165) is 24.1 Å². The van der Waals surface area contributed by atoms with Crippen LogP contribution in [0.3, 0.4) is 0 Å². The standard InChI is InChI=1S/C16H20N2O3/c1-17-15(19)7-8-18(17)13-4-2-3-12(9-13)14(10-16(20)21)11-5-6-11/h2-4,9,11,14H,5-8,10H2,1H3,(H,20,21). The monoisotopic (exact) mass is 288 g/mol. The van der Waals surface area contributed by atoms with Crippen molar-refractivity contribution in [2.75, 3.05) is 18.6 Å². The third kappa shape index (κ3) is 2.86. The van der Waals surface area contributed by atoms with Crippen LogP contribution >= 0.6 is 0 Å². The molecule has 2 aliphatic rings. The van der Waals surface area contributed by atoms with Gasteiger partial charge in [-0.1, -0.05) is 12.1 Å². The molecule has 5 heteroatoms. The van der Waals surface area contributed by atoms with Gasteiger partial charge in [0.05, 0.1) is 12.1 Å². The first-order chi connectivity index (χ1) is 10.1. The van der Waals surface area contributed by atoms with Crippen LogP contribution < -0.4 is 5.01 Å². The Morgan fingerprint density at radius 2 is 2.19 bits per heavy atom. The maximum atomic E-state index is 11.6. The van der Waals surface area contributed by atoms with Crippen molar-refractivity contribution in [3.05, 3.63) is 29.8 Å². The Kier molecular flexibility index (Phi) is 3.57. The molecule has 2 fully saturated rings. The number of nitrogens with zero attached hydrogens (tertiary/aromatic N) is 2. The van der Waals surface area contributed by atoms with E-state index in [1.807, 2.05) is 29.3 Å².